The van der Waals surface area contributed by atoms with Crippen LogP contribution in [-0.2, 0) is 50.7 Å². The highest BCUT2D eigenvalue weighted by atomic mass is 32.2. The average Bonchev–Trinajstić information content (AvgIpc) is 3.64. The number of nitrogens with zero attached hydrogens (tertiary/aromatic N) is 4. The molecule has 3 heterocycles. The van der Waals surface area contributed by atoms with E-state index in [1.807, 2.05) is 0 Å². The van der Waals surface area contributed by atoms with Crippen LogP contribution in [0.3, 0.4) is 0 Å². The molecule has 1 fully saturated rings. The number of anilines is 1. The number of fused-ring (bicyclic) bond motifs is 1. The Hall–Kier alpha value is -2.48. The lowest BCUT2D eigenvalue weighted by Crippen LogP contribution is -2.46. The molecule has 55 heavy (non-hydrogen) atoms. The number of carbonyl (C=O) groups excluding carboxylic acids is 3. The van der Waals surface area contributed by atoms with Crippen molar-refractivity contribution in [2.24, 2.45) is 5.41 Å². The number of aromatic nitrogens is 4. The molecule has 0 saturated carbocycles. The summed E-state index contributed by atoms with van der Waals surface area (Å²) in [7, 11) is -17.6. The van der Waals surface area contributed by atoms with Gasteiger partial charge in [-0.2, -0.15) is 0 Å². The van der Waals surface area contributed by atoms with Gasteiger partial charge in [0, 0.05) is 43.7 Å². The number of rotatable bonds is 23. The first-order chi connectivity index (χ1) is 25.6. The number of nitrogens with two attached hydrogens (primary N) is 1. The summed E-state index contributed by atoms with van der Waals surface area (Å²) >= 11 is 1.03. The first-order valence-electron chi connectivity index (χ1n) is 16.1. The van der Waals surface area contributed by atoms with Gasteiger partial charge in [-0.15, -0.1) is 0 Å². The smallest absolute Gasteiger partial charge is 0.274 e. The number of hydrogen-bond acceptors (Lipinski definition) is 23. The molecule has 0 aliphatic carbocycles. The Labute approximate surface area is 317 Å². The number of phosphoric acid groups is 3. The predicted octanol–water partition coefficient (Wildman–Crippen LogP) is -3.70. The van der Waals surface area contributed by atoms with E-state index in [-0.39, 0.29) is 48.2 Å². The van der Waals surface area contributed by atoms with Crippen LogP contribution in [0.2, 0.25) is 0 Å². The molecule has 2 amide bonds. The number of nitrogens with one attached hydrogen (secondary N) is 2. The third-order valence-electron chi connectivity index (χ3n) is 7.53. The van der Waals surface area contributed by atoms with Gasteiger partial charge in [-0.3, -0.25) is 28.1 Å². The minimum absolute atomic E-state index is 0.00732. The molecule has 0 bridgehead atoms. The molecule has 7 N–H and O–H groups in total. The second-order valence-electron chi connectivity index (χ2n) is 12.4. The van der Waals surface area contributed by atoms with Crippen LogP contribution in [0.1, 0.15) is 45.8 Å². The normalized spacial score (nSPS) is 21.8. The first-order valence-corrected chi connectivity index (χ1v) is 21.5. The third kappa shape index (κ3) is 14.8. The summed E-state index contributed by atoms with van der Waals surface area (Å²) in [5.41, 5.74) is 4.05. The zero-order valence-corrected chi connectivity index (χ0v) is 32.7. The summed E-state index contributed by atoms with van der Waals surface area (Å²) in [4.78, 5) is 95.5. The standard InChI is InChI=1S/C26H44N7O18P3S/c1-26(2,21(38)24(39)29-7-6-16(35)28-8-10-55-17(36)5-3-4-9-34)12-48-54(45,46)51-53(43,44)47-11-15-20(50-52(40,41)42)19(37)25(49-15)33-14-32-18-22(27)30-13-31-23(18)33/h13-15,19-21,25,34,37-38H,3-12H2,1-2H3,(H,28,35)(H,29,39)(H,43,44)(H,45,46)(H2,27,30,31)(H2,40,41,42)/p-4/t15-,19-,20-,21+,25-/m1/s1. The Morgan fingerprint density at radius 3 is 2.42 bits per heavy atom. The van der Waals surface area contributed by atoms with Gasteiger partial charge in [0.2, 0.25) is 11.8 Å². The van der Waals surface area contributed by atoms with Gasteiger partial charge < -0.3 is 74.1 Å². The van der Waals surface area contributed by atoms with Crippen LogP contribution in [0.4, 0.5) is 5.82 Å². The molecule has 1 saturated heterocycles. The maximum Gasteiger partial charge on any atom is 0.274 e. The van der Waals surface area contributed by atoms with Crippen LogP contribution in [0.5, 0.6) is 0 Å². The zero-order valence-electron chi connectivity index (χ0n) is 29.2. The van der Waals surface area contributed by atoms with E-state index in [0.717, 1.165) is 29.0 Å². The van der Waals surface area contributed by atoms with Crippen molar-refractivity contribution >= 4 is 69.1 Å². The molecule has 7 atom stereocenters. The van der Waals surface area contributed by atoms with Gasteiger partial charge in [-0.25, -0.2) is 19.3 Å². The number of aliphatic hydroxyl groups excluding tert-OH is 3. The first kappa shape index (κ1) is 46.9. The van der Waals surface area contributed by atoms with Crippen molar-refractivity contribution in [1.82, 2.24) is 30.2 Å². The molecule has 2 aromatic heterocycles. The topological polar surface area (TPSA) is 395 Å². The minimum Gasteiger partial charge on any atom is -0.790 e. The van der Waals surface area contributed by atoms with Crippen molar-refractivity contribution in [2.45, 2.75) is 70.2 Å². The predicted molar refractivity (Wildman–Crippen MR) is 179 cm³/mol. The SMILES string of the molecule is CC(C)(COP(=O)([O-])OP(=O)([O-])OC[C@H]1O[C@@H](n2cnc3c(N)ncnc32)[C@H](O)[C@@H]1OP(=O)([O-])[O-])[C@@H](O)C(=O)NCCC(=O)NCCSC(=O)CCCCO. The van der Waals surface area contributed by atoms with E-state index < -0.39 is 84.6 Å². The van der Waals surface area contributed by atoms with Crippen molar-refractivity contribution in [3.05, 3.63) is 12.7 Å². The van der Waals surface area contributed by atoms with E-state index >= 15 is 0 Å². The number of phosphoric ester groups is 3. The second-order valence-corrected chi connectivity index (χ2v) is 17.6. The number of imidazole rings is 1. The lowest BCUT2D eigenvalue weighted by molar-refractivity contribution is -0.347. The summed E-state index contributed by atoms with van der Waals surface area (Å²) in [6, 6.07) is 0. The van der Waals surface area contributed by atoms with Crippen molar-refractivity contribution < 1.29 is 85.6 Å². The number of ether oxygens (including phenoxy) is 1. The van der Waals surface area contributed by atoms with E-state index in [1.165, 1.54) is 13.8 Å². The van der Waals surface area contributed by atoms with E-state index in [2.05, 4.69) is 43.5 Å². The van der Waals surface area contributed by atoms with E-state index in [1.54, 1.807) is 0 Å². The Morgan fingerprint density at radius 2 is 1.75 bits per heavy atom. The van der Waals surface area contributed by atoms with Gasteiger partial charge in [0.1, 0.15) is 36.3 Å². The van der Waals surface area contributed by atoms with Crippen LogP contribution in [0, 0.1) is 5.41 Å². The van der Waals surface area contributed by atoms with E-state index in [4.69, 9.17) is 15.6 Å². The van der Waals surface area contributed by atoms with E-state index in [0.29, 0.717) is 25.0 Å². The second kappa shape index (κ2) is 20.3. The fourth-order valence-electron chi connectivity index (χ4n) is 4.73. The molecule has 0 radical (unpaired) electrons. The Balaban J connectivity index is 1.49. The Morgan fingerprint density at radius 1 is 1.05 bits per heavy atom. The maximum atomic E-state index is 12.5. The summed E-state index contributed by atoms with van der Waals surface area (Å²) in [6.07, 6.45) is -6.26. The van der Waals surface area contributed by atoms with E-state index in [9.17, 15) is 57.9 Å². The molecule has 1 aliphatic heterocycles. The van der Waals surface area contributed by atoms with Crippen LogP contribution < -0.4 is 35.9 Å². The van der Waals surface area contributed by atoms with Crippen LogP contribution in [-0.4, -0.2) is 115 Å². The number of unbranched alkanes of at least 4 members (excludes halogenated alkanes) is 1. The molecule has 2 aromatic rings. The summed E-state index contributed by atoms with van der Waals surface area (Å²) in [6.45, 7) is 0.0294. The minimum atomic E-state index is -5.92. The number of nitrogen functional groups attached to an aromatic ring is 1. The van der Waals surface area contributed by atoms with Crippen molar-refractivity contribution in [1.29, 1.82) is 0 Å². The van der Waals surface area contributed by atoms with Crippen LogP contribution in [0.15, 0.2) is 12.7 Å². The fourth-order valence-corrected chi connectivity index (χ4v) is 8.18. The molecule has 25 nitrogen and oxygen atoms in total. The number of carbonyl (C=O) groups is 3. The number of thioether (sulfide) groups is 1. The third-order valence-corrected chi connectivity index (χ3v) is 11.5. The fraction of sp³-hybridized carbons (Fsp3) is 0.692. The van der Waals surface area contributed by atoms with Gasteiger partial charge in [0.15, 0.2) is 22.8 Å². The van der Waals surface area contributed by atoms with Gasteiger partial charge in [0.05, 0.1) is 27.4 Å². The highest BCUT2D eigenvalue weighted by Crippen LogP contribution is 2.56. The number of hydrogen-bond donors (Lipinski definition) is 6. The van der Waals surface area contributed by atoms with Gasteiger partial charge in [-0.1, -0.05) is 25.6 Å². The van der Waals surface area contributed by atoms with Gasteiger partial charge in [-0.05, 0) is 12.8 Å². The summed E-state index contributed by atoms with van der Waals surface area (Å²) in [5.74, 6) is -1.27. The lowest BCUT2D eigenvalue weighted by atomic mass is 9.87. The van der Waals surface area contributed by atoms with Crippen LogP contribution >= 0.6 is 35.2 Å². The average molecular weight is 864 g/mol. The monoisotopic (exact) mass is 863 g/mol. The van der Waals surface area contributed by atoms with Gasteiger partial charge in [0.25, 0.3) is 15.6 Å². The highest BCUT2D eigenvalue weighted by Gasteiger charge is 2.47. The molecule has 0 spiro atoms. The molecule has 2 unspecified atom stereocenters. The molecule has 29 heteroatoms. The molecule has 0 aromatic carbocycles. The molecular weight excluding hydrogens is 823 g/mol. The summed E-state index contributed by atoms with van der Waals surface area (Å²) < 4.78 is 60.4. The molecule has 1 aliphatic rings. The quantitative estimate of drug-likeness (QED) is 0.0462. The number of amides is 2. The van der Waals surface area contributed by atoms with Crippen molar-refractivity contribution in [3.8, 4) is 0 Å². The molecule has 3 rings (SSSR count). The molecule has 312 valence electrons. The van der Waals surface area contributed by atoms with Gasteiger partial charge >= 0.3 is 0 Å². The Kier molecular flexibility index (Phi) is 17.3. The van der Waals surface area contributed by atoms with Crippen molar-refractivity contribution in [3.63, 3.8) is 0 Å². The summed E-state index contributed by atoms with van der Waals surface area (Å²) in [5, 5.41) is 34.8. The lowest BCUT2D eigenvalue weighted by Gasteiger charge is -2.36. The van der Waals surface area contributed by atoms with Crippen molar-refractivity contribution in [2.75, 3.05) is 44.4 Å². The Bertz CT molecular complexity index is 1780. The molecular formula is C26H40N7O18P3S-4. The largest absolute Gasteiger partial charge is 0.790 e. The highest BCUT2D eigenvalue weighted by molar-refractivity contribution is 8.13. The number of aliphatic hydroxyl groups is 3. The maximum absolute atomic E-state index is 12.5. The van der Waals surface area contributed by atoms with Crippen LogP contribution in [0.25, 0.3) is 11.2 Å². The zero-order chi connectivity index (χ0) is 41.2.